The molecular weight excluding hydrogens is 214 g/mol. The molecule has 0 aliphatic rings. The molecule has 0 aliphatic carbocycles. The Kier molecular flexibility index (Phi) is 4.29. The van der Waals surface area contributed by atoms with E-state index in [-0.39, 0.29) is 0 Å². The zero-order valence-electron chi connectivity index (χ0n) is 11.2. The Hall–Kier alpha value is -1.35. The number of likely N-dealkylation sites (N-methyl/N-ethyl adjacent to an activating group) is 1. The Morgan fingerprint density at radius 3 is 2.29 bits per heavy atom. The van der Waals surface area contributed by atoms with Gasteiger partial charge >= 0.3 is 5.97 Å². The van der Waals surface area contributed by atoms with Crippen molar-refractivity contribution < 1.29 is 9.90 Å². The summed E-state index contributed by atoms with van der Waals surface area (Å²) >= 11 is 0. The Morgan fingerprint density at radius 2 is 1.88 bits per heavy atom. The summed E-state index contributed by atoms with van der Waals surface area (Å²) in [4.78, 5) is 13.1. The average molecular weight is 235 g/mol. The SMILES string of the molecule is Cc1ccc(C(C)C)cc1C(C(=O)O)N(C)C. The minimum Gasteiger partial charge on any atom is -0.480 e. The number of carboxylic acids is 1. The smallest absolute Gasteiger partial charge is 0.325 e. The van der Waals surface area contributed by atoms with Gasteiger partial charge in [-0.25, -0.2) is 0 Å². The van der Waals surface area contributed by atoms with Crippen molar-refractivity contribution in [1.82, 2.24) is 4.90 Å². The second-order valence-electron chi connectivity index (χ2n) is 4.98. The topological polar surface area (TPSA) is 40.5 Å². The normalized spacial score (nSPS) is 13.1. The monoisotopic (exact) mass is 235 g/mol. The molecule has 0 saturated carbocycles. The molecule has 0 amide bonds. The maximum Gasteiger partial charge on any atom is 0.325 e. The summed E-state index contributed by atoms with van der Waals surface area (Å²) in [7, 11) is 3.58. The van der Waals surface area contributed by atoms with Crippen LogP contribution < -0.4 is 0 Å². The molecule has 1 aromatic rings. The minimum absolute atomic E-state index is 0.408. The molecule has 1 unspecified atom stereocenters. The zero-order chi connectivity index (χ0) is 13.2. The van der Waals surface area contributed by atoms with Crippen molar-refractivity contribution in [1.29, 1.82) is 0 Å². The molecule has 0 heterocycles. The number of carbonyl (C=O) groups is 1. The van der Waals surface area contributed by atoms with E-state index in [2.05, 4.69) is 19.9 Å². The van der Waals surface area contributed by atoms with Gasteiger partial charge in [-0.2, -0.15) is 0 Å². The molecule has 1 rings (SSSR count). The van der Waals surface area contributed by atoms with Crippen LogP contribution in [0.4, 0.5) is 0 Å². The molecule has 1 N–H and O–H groups in total. The minimum atomic E-state index is -0.806. The van der Waals surface area contributed by atoms with Gasteiger partial charge < -0.3 is 5.11 Å². The molecule has 94 valence electrons. The molecule has 0 saturated heterocycles. The molecule has 0 aromatic heterocycles. The third kappa shape index (κ3) is 3.07. The lowest BCUT2D eigenvalue weighted by Gasteiger charge is -2.23. The van der Waals surface area contributed by atoms with Gasteiger partial charge in [0, 0.05) is 0 Å². The van der Waals surface area contributed by atoms with E-state index in [1.807, 2.05) is 19.1 Å². The van der Waals surface area contributed by atoms with E-state index in [9.17, 15) is 9.90 Å². The number of nitrogens with zero attached hydrogens (tertiary/aromatic N) is 1. The summed E-state index contributed by atoms with van der Waals surface area (Å²) in [6, 6.07) is 5.51. The van der Waals surface area contributed by atoms with E-state index < -0.39 is 12.0 Å². The molecule has 1 atom stereocenters. The molecule has 0 spiro atoms. The summed E-state index contributed by atoms with van der Waals surface area (Å²) in [5.74, 6) is -0.398. The highest BCUT2D eigenvalue weighted by atomic mass is 16.4. The lowest BCUT2D eigenvalue weighted by atomic mass is 9.93. The van der Waals surface area contributed by atoms with Gasteiger partial charge in [0.25, 0.3) is 0 Å². The molecule has 0 fully saturated rings. The number of hydrogen-bond donors (Lipinski definition) is 1. The lowest BCUT2D eigenvalue weighted by Crippen LogP contribution is -2.28. The zero-order valence-corrected chi connectivity index (χ0v) is 11.2. The van der Waals surface area contributed by atoms with Crippen LogP contribution in [0.15, 0.2) is 18.2 Å². The molecule has 0 bridgehead atoms. The number of benzene rings is 1. The van der Waals surface area contributed by atoms with E-state index in [0.717, 1.165) is 11.1 Å². The van der Waals surface area contributed by atoms with E-state index in [4.69, 9.17) is 0 Å². The van der Waals surface area contributed by atoms with Crippen LogP contribution in [0.1, 0.15) is 42.5 Å². The summed E-state index contributed by atoms with van der Waals surface area (Å²) < 4.78 is 0. The fraction of sp³-hybridized carbons (Fsp3) is 0.500. The van der Waals surface area contributed by atoms with Crippen LogP contribution in [0.3, 0.4) is 0 Å². The predicted octanol–water partition coefficient (Wildman–Crippen LogP) is 2.81. The first kappa shape index (κ1) is 13.7. The Balaban J connectivity index is 3.27. The van der Waals surface area contributed by atoms with Gasteiger partial charge in [0.05, 0.1) is 0 Å². The lowest BCUT2D eigenvalue weighted by molar-refractivity contribution is -0.142. The number of rotatable bonds is 4. The van der Waals surface area contributed by atoms with Crippen molar-refractivity contribution in [2.75, 3.05) is 14.1 Å². The van der Waals surface area contributed by atoms with E-state index in [0.29, 0.717) is 5.92 Å². The number of aliphatic carboxylic acids is 1. The molecule has 0 radical (unpaired) electrons. The van der Waals surface area contributed by atoms with Crippen LogP contribution in [-0.2, 0) is 4.79 Å². The van der Waals surface area contributed by atoms with Gasteiger partial charge in [-0.1, -0.05) is 32.0 Å². The van der Waals surface area contributed by atoms with Crippen LogP contribution in [0.2, 0.25) is 0 Å². The summed E-state index contributed by atoms with van der Waals surface area (Å²) in [6.07, 6.45) is 0. The molecule has 3 heteroatoms. The summed E-state index contributed by atoms with van der Waals surface area (Å²) in [5, 5.41) is 9.31. The predicted molar refractivity (Wildman–Crippen MR) is 69.3 cm³/mol. The molecule has 0 aliphatic heterocycles. The van der Waals surface area contributed by atoms with Crippen molar-refractivity contribution in [3.05, 3.63) is 34.9 Å². The number of hydrogen-bond acceptors (Lipinski definition) is 2. The van der Waals surface area contributed by atoms with Crippen LogP contribution in [0.5, 0.6) is 0 Å². The van der Waals surface area contributed by atoms with Crippen LogP contribution >= 0.6 is 0 Å². The molecule has 1 aromatic carbocycles. The van der Waals surface area contributed by atoms with E-state index in [1.54, 1.807) is 19.0 Å². The first-order valence-electron chi connectivity index (χ1n) is 5.84. The third-order valence-electron chi connectivity index (χ3n) is 3.01. The van der Waals surface area contributed by atoms with Crippen LogP contribution in [0.25, 0.3) is 0 Å². The van der Waals surface area contributed by atoms with Crippen LogP contribution in [0, 0.1) is 6.92 Å². The number of aryl methyl sites for hydroxylation is 1. The second kappa shape index (κ2) is 5.32. The largest absolute Gasteiger partial charge is 0.480 e. The van der Waals surface area contributed by atoms with Gasteiger partial charge in [0.2, 0.25) is 0 Å². The van der Waals surface area contributed by atoms with Gasteiger partial charge in [0.1, 0.15) is 6.04 Å². The fourth-order valence-corrected chi connectivity index (χ4v) is 1.94. The number of carboxylic acid groups (broad SMARTS) is 1. The fourth-order valence-electron chi connectivity index (χ4n) is 1.94. The third-order valence-corrected chi connectivity index (χ3v) is 3.01. The van der Waals surface area contributed by atoms with Crippen molar-refractivity contribution >= 4 is 5.97 Å². The van der Waals surface area contributed by atoms with Gasteiger partial charge in [-0.15, -0.1) is 0 Å². The van der Waals surface area contributed by atoms with Gasteiger partial charge in [-0.3, -0.25) is 9.69 Å². The Morgan fingerprint density at radius 1 is 1.29 bits per heavy atom. The Bertz CT molecular complexity index is 411. The van der Waals surface area contributed by atoms with Crippen molar-refractivity contribution in [3.63, 3.8) is 0 Å². The van der Waals surface area contributed by atoms with Crippen LogP contribution in [-0.4, -0.2) is 30.1 Å². The molecule has 3 nitrogen and oxygen atoms in total. The highest BCUT2D eigenvalue weighted by molar-refractivity contribution is 5.76. The first-order chi connectivity index (χ1) is 7.84. The molecule has 17 heavy (non-hydrogen) atoms. The van der Waals surface area contributed by atoms with Crippen molar-refractivity contribution in [2.24, 2.45) is 0 Å². The Labute approximate surface area is 103 Å². The second-order valence-corrected chi connectivity index (χ2v) is 4.98. The highest BCUT2D eigenvalue weighted by Gasteiger charge is 2.24. The van der Waals surface area contributed by atoms with Gasteiger partial charge in [-0.05, 0) is 43.6 Å². The van der Waals surface area contributed by atoms with Crippen molar-refractivity contribution in [3.8, 4) is 0 Å². The standard InChI is InChI=1S/C14H21NO2/c1-9(2)11-7-6-10(3)12(8-11)13(14(16)17)15(4)5/h6-9,13H,1-5H3,(H,16,17). The average Bonchev–Trinajstić information content (AvgIpc) is 2.19. The first-order valence-corrected chi connectivity index (χ1v) is 5.84. The quantitative estimate of drug-likeness (QED) is 0.872. The molecular formula is C14H21NO2. The van der Waals surface area contributed by atoms with Gasteiger partial charge in [0.15, 0.2) is 0 Å². The maximum atomic E-state index is 11.3. The highest BCUT2D eigenvalue weighted by Crippen LogP contribution is 2.26. The van der Waals surface area contributed by atoms with E-state index >= 15 is 0 Å². The van der Waals surface area contributed by atoms with Crippen molar-refractivity contribution in [2.45, 2.75) is 32.7 Å². The maximum absolute atomic E-state index is 11.3. The van der Waals surface area contributed by atoms with E-state index in [1.165, 1.54) is 5.56 Å². The summed E-state index contributed by atoms with van der Waals surface area (Å²) in [5.41, 5.74) is 3.09. The summed E-state index contributed by atoms with van der Waals surface area (Å²) in [6.45, 7) is 6.18.